The number of para-hydroxylation sites is 1. The van der Waals surface area contributed by atoms with E-state index in [-0.39, 0.29) is 11.2 Å². The van der Waals surface area contributed by atoms with E-state index in [2.05, 4.69) is 30.9 Å². The van der Waals surface area contributed by atoms with E-state index in [1.165, 1.54) is 28.3 Å². The van der Waals surface area contributed by atoms with Crippen LogP contribution in [0, 0.1) is 0 Å². The van der Waals surface area contributed by atoms with Gasteiger partial charge < -0.3 is 4.90 Å². The molecular weight excluding hydrogens is 376 g/mol. The summed E-state index contributed by atoms with van der Waals surface area (Å²) in [6, 6.07) is 8.23. The lowest BCUT2D eigenvalue weighted by molar-refractivity contribution is -0.116. The summed E-state index contributed by atoms with van der Waals surface area (Å²) < 4.78 is 27.1. The summed E-state index contributed by atoms with van der Waals surface area (Å²) in [5.74, 6) is 0.0478. The van der Waals surface area contributed by atoms with Crippen LogP contribution in [0.5, 0.6) is 0 Å². The fraction of sp³-hybridized carbons (Fsp3) is 0.550. The van der Waals surface area contributed by atoms with Crippen molar-refractivity contribution < 1.29 is 13.2 Å². The van der Waals surface area contributed by atoms with E-state index in [0.29, 0.717) is 32.7 Å². The Morgan fingerprint density at radius 3 is 2.32 bits per heavy atom. The highest BCUT2D eigenvalue weighted by molar-refractivity contribution is 7.86. The van der Waals surface area contributed by atoms with E-state index in [4.69, 9.17) is 0 Å². The number of ketones is 1. The van der Waals surface area contributed by atoms with Crippen molar-refractivity contribution in [1.82, 2.24) is 13.5 Å². The van der Waals surface area contributed by atoms with Gasteiger partial charge in [0, 0.05) is 70.2 Å². The molecule has 0 aliphatic carbocycles. The quantitative estimate of drug-likeness (QED) is 0.690. The fourth-order valence-electron chi connectivity index (χ4n) is 4.03. The molecule has 28 heavy (non-hydrogen) atoms. The van der Waals surface area contributed by atoms with Crippen LogP contribution in [0.3, 0.4) is 0 Å². The van der Waals surface area contributed by atoms with Crippen LogP contribution in [0.4, 0.5) is 5.69 Å². The number of rotatable bonds is 5. The van der Waals surface area contributed by atoms with Gasteiger partial charge in [-0.2, -0.15) is 17.0 Å². The molecule has 8 heteroatoms. The van der Waals surface area contributed by atoms with Crippen molar-refractivity contribution in [3.05, 3.63) is 41.6 Å². The molecule has 1 saturated heterocycles. The van der Waals surface area contributed by atoms with E-state index in [9.17, 15) is 13.2 Å². The second-order valence-corrected chi connectivity index (χ2v) is 10.3. The highest BCUT2D eigenvalue weighted by atomic mass is 32.2. The second-order valence-electron chi connectivity index (χ2n) is 8.16. The number of fused-ring (bicyclic) bond motifs is 1. The summed E-state index contributed by atoms with van der Waals surface area (Å²) in [6.45, 7) is 6.50. The lowest BCUT2D eigenvalue weighted by Crippen LogP contribution is -2.52. The standard InChI is InChI=1S/C20H30N4O3S/c1-20(2)17-8-6-7-9-18(17)22(5)19(20)14-16(25)15-23-10-12-24(13-11-23)28(26,27)21(3)4/h6-9,14H,10-13,15H2,1-5H3/b19-14+. The van der Waals surface area contributed by atoms with Crippen LogP contribution >= 0.6 is 0 Å². The van der Waals surface area contributed by atoms with Crippen LogP contribution in [0.1, 0.15) is 19.4 Å². The van der Waals surface area contributed by atoms with Crippen molar-refractivity contribution in [2.24, 2.45) is 0 Å². The highest BCUT2D eigenvalue weighted by Crippen LogP contribution is 2.46. The Balaban J connectivity index is 1.66. The Hall–Kier alpha value is -1.74. The van der Waals surface area contributed by atoms with Gasteiger partial charge in [0.2, 0.25) is 0 Å². The van der Waals surface area contributed by atoms with E-state index in [1.54, 1.807) is 6.08 Å². The molecule has 0 spiro atoms. The summed E-state index contributed by atoms with van der Waals surface area (Å²) in [5, 5.41) is 0. The van der Waals surface area contributed by atoms with Gasteiger partial charge in [0.05, 0.1) is 6.54 Å². The third kappa shape index (κ3) is 3.74. The topological polar surface area (TPSA) is 64.2 Å². The largest absolute Gasteiger partial charge is 0.347 e. The van der Waals surface area contributed by atoms with Crippen molar-refractivity contribution in [3.63, 3.8) is 0 Å². The monoisotopic (exact) mass is 406 g/mol. The third-order valence-corrected chi connectivity index (χ3v) is 7.68. The number of carbonyl (C=O) groups is 1. The molecule has 0 unspecified atom stereocenters. The first kappa shape index (κ1) is 21.0. The van der Waals surface area contributed by atoms with Gasteiger partial charge in [-0.1, -0.05) is 32.0 Å². The maximum atomic E-state index is 12.8. The molecular formula is C20H30N4O3S. The number of hydrogen-bond donors (Lipinski definition) is 0. The molecule has 2 heterocycles. The van der Waals surface area contributed by atoms with Gasteiger partial charge in [0.1, 0.15) is 0 Å². The van der Waals surface area contributed by atoms with Crippen molar-refractivity contribution in [2.75, 3.05) is 58.8 Å². The molecule has 2 aliphatic rings. The average molecular weight is 407 g/mol. The van der Waals surface area contributed by atoms with Gasteiger partial charge in [-0.15, -0.1) is 0 Å². The van der Waals surface area contributed by atoms with Gasteiger partial charge in [-0.05, 0) is 11.6 Å². The van der Waals surface area contributed by atoms with Crippen LogP contribution in [0.25, 0.3) is 0 Å². The Bertz CT molecular complexity index is 884. The molecule has 0 radical (unpaired) electrons. The predicted octanol–water partition coefficient (Wildman–Crippen LogP) is 1.29. The van der Waals surface area contributed by atoms with Crippen LogP contribution in [-0.4, -0.2) is 81.6 Å². The number of benzene rings is 1. The summed E-state index contributed by atoms with van der Waals surface area (Å²) in [5.41, 5.74) is 3.13. The van der Waals surface area contributed by atoms with Crippen molar-refractivity contribution in [2.45, 2.75) is 19.3 Å². The van der Waals surface area contributed by atoms with Gasteiger partial charge in [-0.3, -0.25) is 9.69 Å². The van der Waals surface area contributed by atoms with Crippen LogP contribution < -0.4 is 4.90 Å². The highest BCUT2D eigenvalue weighted by Gasteiger charge is 2.38. The molecule has 0 amide bonds. The van der Waals surface area contributed by atoms with Gasteiger partial charge in [-0.25, -0.2) is 0 Å². The number of likely N-dealkylation sites (N-methyl/N-ethyl adjacent to an activating group) is 1. The zero-order valence-corrected chi connectivity index (χ0v) is 18.2. The minimum Gasteiger partial charge on any atom is -0.347 e. The average Bonchev–Trinajstić information content (AvgIpc) is 2.83. The predicted molar refractivity (Wildman–Crippen MR) is 112 cm³/mol. The molecule has 7 nitrogen and oxygen atoms in total. The SMILES string of the molecule is CN1/C(=C/C(=O)CN2CCN(S(=O)(=O)N(C)C)CC2)C(C)(C)c2ccccc21. The summed E-state index contributed by atoms with van der Waals surface area (Å²) in [6.07, 6.45) is 1.75. The van der Waals surface area contributed by atoms with Gasteiger partial charge in [0.25, 0.3) is 10.2 Å². The Labute approximate surface area is 168 Å². The molecule has 0 saturated carbocycles. The molecule has 1 aromatic carbocycles. The first-order valence-corrected chi connectivity index (χ1v) is 10.9. The number of anilines is 1. The van der Waals surface area contributed by atoms with Crippen molar-refractivity contribution >= 4 is 21.7 Å². The molecule has 0 bridgehead atoms. The zero-order chi connectivity index (χ0) is 20.7. The Morgan fingerprint density at radius 2 is 1.75 bits per heavy atom. The second kappa shape index (κ2) is 7.59. The van der Waals surface area contributed by atoms with E-state index < -0.39 is 10.2 Å². The zero-order valence-electron chi connectivity index (χ0n) is 17.3. The summed E-state index contributed by atoms with van der Waals surface area (Å²) in [4.78, 5) is 16.9. The van der Waals surface area contributed by atoms with E-state index >= 15 is 0 Å². The minimum atomic E-state index is -3.39. The lowest BCUT2D eigenvalue weighted by Gasteiger charge is -2.34. The summed E-state index contributed by atoms with van der Waals surface area (Å²) in [7, 11) is 1.68. The van der Waals surface area contributed by atoms with Gasteiger partial charge >= 0.3 is 0 Å². The van der Waals surface area contributed by atoms with Crippen LogP contribution in [-0.2, 0) is 20.4 Å². The van der Waals surface area contributed by atoms with Crippen molar-refractivity contribution in [1.29, 1.82) is 0 Å². The molecule has 154 valence electrons. The molecule has 3 rings (SSSR count). The van der Waals surface area contributed by atoms with Crippen LogP contribution in [0.15, 0.2) is 36.0 Å². The first-order chi connectivity index (χ1) is 13.0. The normalized spacial score (nSPS) is 22.1. The molecule has 0 N–H and O–H groups in total. The Morgan fingerprint density at radius 1 is 1.14 bits per heavy atom. The van der Waals surface area contributed by atoms with E-state index in [1.807, 2.05) is 24.1 Å². The molecule has 0 atom stereocenters. The summed E-state index contributed by atoms with van der Waals surface area (Å²) >= 11 is 0. The minimum absolute atomic E-state index is 0.0478. The lowest BCUT2D eigenvalue weighted by atomic mass is 9.83. The molecule has 2 aliphatic heterocycles. The third-order valence-electron chi connectivity index (χ3n) is 5.74. The molecule has 0 aromatic heterocycles. The number of hydrogen-bond acceptors (Lipinski definition) is 5. The number of allylic oxidation sites excluding steroid dienone is 1. The maximum Gasteiger partial charge on any atom is 0.281 e. The smallest absolute Gasteiger partial charge is 0.281 e. The molecule has 1 aromatic rings. The molecule has 1 fully saturated rings. The number of carbonyl (C=O) groups excluding carboxylic acids is 1. The Kier molecular flexibility index (Phi) is 5.69. The maximum absolute atomic E-state index is 12.8. The fourth-order valence-corrected chi connectivity index (χ4v) is 5.11. The van der Waals surface area contributed by atoms with Gasteiger partial charge in [0.15, 0.2) is 5.78 Å². The van der Waals surface area contributed by atoms with Crippen molar-refractivity contribution in [3.8, 4) is 0 Å². The first-order valence-electron chi connectivity index (χ1n) is 9.53. The van der Waals surface area contributed by atoms with Crippen LogP contribution in [0.2, 0.25) is 0 Å². The number of piperazine rings is 1. The number of nitrogens with zero attached hydrogens (tertiary/aromatic N) is 4. The van der Waals surface area contributed by atoms with E-state index in [0.717, 1.165) is 11.4 Å².